The standard InChI is InChI=1S/C12H26O/c1-4-5-6-7-8-9-10-11(2)12(3)13/h11-13H,4-10H2,1-3H3/t11-,12-/m0/s1. The van der Waals surface area contributed by atoms with Gasteiger partial charge >= 0.3 is 0 Å². The molecule has 0 aliphatic carbocycles. The van der Waals surface area contributed by atoms with E-state index in [1.165, 1.54) is 44.9 Å². The lowest BCUT2D eigenvalue weighted by molar-refractivity contribution is 0.128. The second-order valence-corrected chi connectivity index (χ2v) is 4.27. The number of hydrogen-bond donors (Lipinski definition) is 1. The molecule has 0 bridgehead atoms. The van der Waals surface area contributed by atoms with E-state index < -0.39 is 0 Å². The lowest BCUT2D eigenvalue weighted by Crippen LogP contribution is -2.12. The number of aliphatic hydroxyl groups excluding tert-OH is 1. The molecule has 0 unspecified atom stereocenters. The molecule has 0 spiro atoms. The molecule has 0 saturated carbocycles. The van der Waals surface area contributed by atoms with Crippen LogP contribution in [0.15, 0.2) is 0 Å². The Morgan fingerprint density at radius 1 is 0.923 bits per heavy atom. The average Bonchev–Trinajstić information content (AvgIpc) is 2.10. The highest BCUT2D eigenvalue weighted by molar-refractivity contribution is 4.59. The van der Waals surface area contributed by atoms with Crippen LogP contribution in [0.3, 0.4) is 0 Å². The molecule has 0 aliphatic heterocycles. The molecule has 2 atom stereocenters. The molecular weight excluding hydrogens is 160 g/mol. The van der Waals surface area contributed by atoms with Crippen LogP contribution in [0, 0.1) is 5.92 Å². The summed E-state index contributed by atoms with van der Waals surface area (Å²) < 4.78 is 0. The van der Waals surface area contributed by atoms with Crippen LogP contribution in [-0.2, 0) is 0 Å². The molecular formula is C12H26O. The molecule has 0 aliphatic rings. The van der Waals surface area contributed by atoms with Crippen molar-refractivity contribution in [3.63, 3.8) is 0 Å². The van der Waals surface area contributed by atoms with Crippen molar-refractivity contribution in [1.29, 1.82) is 0 Å². The zero-order valence-electron chi connectivity index (χ0n) is 9.55. The monoisotopic (exact) mass is 186 g/mol. The van der Waals surface area contributed by atoms with Gasteiger partial charge in [0, 0.05) is 0 Å². The average molecular weight is 186 g/mol. The summed E-state index contributed by atoms with van der Waals surface area (Å²) >= 11 is 0. The molecule has 0 fully saturated rings. The summed E-state index contributed by atoms with van der Waals surface area (Å²) in [7, 11) is 0. The quantitative estimate of drug-likeness (QED) is 0.572. The highest BCUT2D eigenvalue weighted by Gasteiger charge is 2.07. The van der Waals surface area contributed by atoms with E-state index in [4.69, 9.17) is 0 Å². The predicted molar refractivity (Wildman–Crippen MR) is 58.8 cm³/mol. The fourth-order valence-corrected chi connectivity index (χ4v) is 1.49. The Bertz CT molecular complexity index is 99.3. The maximum Gasteiger partial charge on any atom is 0.0537 e. The van der Waals surface area contributed by atoms with E-state index in [9.17, 15) is 5.11 Å². The zero-order chi connectivity index (χ0) is 10.1. The molecule has 0 amide bonds. The molecule has 0 radical (unpaired) electrons. The number of rotatable bonds is 8. The first-order chi connectivity index (χ1) is 6.18. The second-order valence-electron chi connectivity index (χ2n) is 4.27. The Balaban J connectivity index is 3.07. The molecule has 0 heterocycles. The van der Waals surface area contributed by atoms with Gasteiger partial charge in [0.2, 0.25) is 0 Å². The van der Waals surface area contributed by atoms with Crippen molar-refractivity contribution in [2.24, 2.45) is 5.92 Å². The molecule has 0 aromatic rings. The third-order valence-electron chi connectivity index (χ3n) is 2.84. The van der Waals surface area contributed by atoms with Crippen LogP contribution in [0.1, 0.15) is 65.7 Å². The van der Waals surface area contributed by atoms with Gasteiger partial charge in [-0.05, 0) is 19.3 Å². The Hall–Kier alpha value is -0.0400. The molecule has 0 aromatic carbocycles. The van der Waals surface area contributed by atoms with Gasteiger partial charge in [0.25, 0.3) is 0 Å². The van der Waals surface area contributed by atoms with E-state index in [0.29, 0.717) is 5.92 Å². The van der Waals surface area contributed by atoms with Crippen LogP contribution in [0.25, 0.3) is 0 Å². The van der Waals surface area contributed by atoms with Gasteiger partial charge in [-0.2, -0.15) is 0 Å². The third kappa shape index (κ3) is 8.29. The van der Waals surface area contributed by atoms with Crippen molar-refractivity contribution < 1.29 is 5.11 Å². The first-order valence-electron chi connectivity index (χ1n) is 5.86. The van der Waals surface area contributed by atoms with E-state index in [1.54, 1.807) is 0 Å². The summed E-state index contributed by atoms with van der Waals surface area (Å²) in [6, 6.07) is 0. The Kier molecular flexibility index (Phi) is 8.53. The van der Waals surface area contributed by atoms with Gasteiger partial charge in [0.15, 0.2) is 0 Å². The van der Waals surface area contributed by atoms with E-state index in [2.05, 4.69) is 13.8 Å². The summed E-state index contributed by atoms with van der Waals surface area (Å²) in [4.78, 5) is 0. The normalized spacial score (nSPS) is 15.7. The van der Waals surface area contributed by atoms with Crippen molar-refractivity contribution in [3.8, 4) is 0 Å². The zero-order valence-corrected chi connectivity index (χ0v) is 9.55. The number of hydrogen-bond acceptors (Lipinski definition) is 1. The summed E-state index contributed by atoms with van der Waals surface area (Å²) in [5.74, 6) is 0.478. The van der Waals surface area contributed by atoms with Crippen LogP contribution in [0.2, 0.25) is 0 Å². The van der Waals surface area contributed by atoms with Crippen molar-refractivity contribution >= 4 is 0 Å². The van der Waals surface area contributed by atoms with E-state index in [0.717, 1.165) is 0 Å². The predicted octanol–water partition coefficient (Wildman–Crippen LogP) is 3.75. The third-order valence-corrected chi connectivity index (χ3v) is 2.84. The molecule has 0 aromatic heterocycles. The van der Waals surface area contributed by atoms with Gasteiger partial charge in [0.1, 0.15) is 0 Å². The van der Waals surface area contributed by atoms with Crippen molar-refractivity contribution in [1.82, 2.24) is 0 Å². The summed E-state index contributed by atoms with van der Waals surface area (Å²) in [5.41, 5.74) is 0. The Morgan fingerprint density at radius 3 is 2.00 bits per heavy atom. The lowest BCUT2D eigenvalue weighted by Gasteiger charge is -2.13. The maximum atomic E-state index is 9.26. The minimum Gasteiger partial charge on any atom is -0.393 e. The molecule has 1 nitrogen and oxygen atoms in total. The summed E-state index contributed by atoms with van der Waals surface area (Å²) in [6.45, 7) is 6.27. The van der Waals surface area contributed by atoms with E-state index in [-0.39, 0.29) is 6.10 Å². The molecule has 1 heteroatoms. The van der Waals surface area contributed by atoms with Crippen molar-refractivity contribution in [2.45, 2.75) is 71.8 Å². The number of aliphatic hydroxyl groups is 1. The molecule has 13 heavy (non-hydrogen) atoms. The molecule has 0 saturated heterocycles. The summed E-state index contributed by atoms with van der Waals surface area (Å²) in [5, 5.41) is 9.26. The van der Waals surface area contributed by atoms with Crippen LogP contribution in [0.5, 0.6) is 0 Å². The van der Waals surface area contributed by atoms with Gasteiger partial charge in [0.05, 0.1) is 6.10 Å². The van der Waals surface area contributed by atoms with Gasteiger partial charge in [-0.25, -0.2) is 0 Å². The van der Waals surface area contributed by atoms with Gasteiger partial charge < -0.3 is 5.11 Å². The van der Waals surface area contributed by atoms with E-state index in [1.807, 2.05) is 6.92 Å². The van der Waals surface area contributed by atoms with Crippen LogP contribution < -0.4 is 0 Å². The topological polar surface area (TPSA) is 20.2 Å². The molecule has 80 valence electrons. The second kappa shape index (κ2) is 8.55. The highest BCUT2D eigenvalue weighted by atomic mass is 16.3. The fourth-order valence-electron chi connectivity index (χ4n) is 1.49. The van der Waals surface area contributed by atoms with Crippen LogP contribution in [-0.4, -0.2) is 11.2 Å². The minimum atomic E-state index is -0.129. The molecule has 1 N–H and O–H groups in total. The van der Waals surface area contributed by atoms with Gasteiger partial charge in [-0.3, -0.25) is 0 Å². The summed E-state index contributed by atoms with van der Waals surface area (Å²) in [6.07, 6.45) is 9.16. The Morgan fingerprint density at radius 2 is 1.46 bits per heavy atom. The van der Waals surface area contributed by atoms with Gasteiger partial charge in [-0.1, -0.05) is 52.4 Å². The van der Waals surface area contributed by atoms with Gasteiger partial charge in [-0.15, -0.1) is 0 Å². The smallest absolute Gasteiger partial charge is 0.0537 e. The first kappa shape index (κ1) is 13.0. The number of unbranched alkanes of at least 4 members (excludes halogenated alkanes) is 5. The fraction of sp³-hybridized carbons (Fsp3) is 1.00. The first-order valence-corrected chi connectivity index (χ1v) is 5.86. The Labute approximate surface area is 83.5 Å². The largest absolute Gasteiger partial charge is 0.393 e. The van der Waals surface area contributed by atoms with E-state index >= 15 is 0 Å². The maximum absolute atomic E-state index is 9.26. The van der Waals surface area contributed by atoms with Crippen molar-refractivity contribution in [2.75, 3.05) is 0 Å². The van der Waals surface area contributed by atoms with Crippen molar-refractivity contribution in [3.05, 3.63) is 0 Å². The highest BCUT2D eigenvalue weighted by Crippen LogP contribution is 2.14. The van der Waals surface area contributed by atoms with Crippen LogP contribution >= 0.6 is 0 Å². The SMILES string of the molecule is CCCCCCCC[C@H](C)[C@H](C)O. The minimum absolute atomic E-state index is 0.129. The molecule has 0 rings (SSSR count). The van der Waals surface area contributed by atoms with Crippen LogP contribution in [0.4, 0.5) is 0 Å². The lowest BCUT2D eigenvalue weighted by atomic mass is 9.98.